The predicted octanol–water partition coefficient (Wildman–Crippen LogP) is 1.29. The van der Waals surface area contributed by atoms with Crippen molar-refractivity contribution in [2.45, 2.75) is 38.5 Å². The highest BCUT2D eigenvalue weighted by molar-refractivity contribution is 5.86. The number of methoxy groups -OCH3 is 1. The summed E-state index contributed by atoms with van der Waals surface area (Å²) < 4.78 is 11.3. The van der Waals surface area contributed by atoms with Gasteiger partial charge >= 0.3 is 0 Å². The van der Waals surface area contributed by atoms with E-state index in [1.54, 1.807) is 7.11 Å². The number of hydrogen-bond donors (Lipinski definition) is 2. The van der Waals surface area contributed by atoms with Crippen LogP contribution in [0.15, 0.2) is 42.5 Å². The summed E-state index contributed by atoms with van der Waals surface area (Å²) in [5.74, 6) is 0.255. The van der Waals surface area contributed by atoms with E-state index in [1.165, 1.54) is 0 Å². The Hall–Kier alpha value is -2.99. The molecular formula is C22H24N2O4. The van der Waals surface area contributed by atoms with Crippen molar-refractivity contribution in [3.63, 3.8) is 0 Å². The van der Waals surface area contributed by atoms with E-state index < -0.39 is 12.0 Å². The first-order valence-corrected chi connectivity index (χ1v) is 9.48. The van der Waals surface area contributed by atoms with Gasteiger partial charge in [0.05, 0.1) is 24.9 Å². The van der Waals surface area contributed by atoms with E-state index in [9.17, 15) is 9.90 Å². The van der Waals surface area contributed by atoms with Crippen LogP contribution >= 0.6 is 0 Å². The normalized spacial score (nSPS) is 18.9. The van der Waals surface area contributed by atoms with Crippen LogP contribution in [-0.2, 0) is 11.2 Å². The van der Waals surface area contributed by atoms with E-state index in [4.69, 9.17) is 9.47 Å². The lowest BCUT2D eigenvalue weighted by Crippen LogP contribution is -2.95. The van der Waals surface area contributed by atoms with Gasteiger partial charge in [-0.2, -0.15) is 0 Å². The minimum absolute atomic E-state index is 0.0313. The number of para-hydroxylation sites is 1. The minimum Gasteiger partial charge on any atom is -0.544 e. The predicted molar refractivity (Wildman–Crippen MR) is 103 cm³/mol. The smallest absolute Gasteiger partial charge is 0.161 e. The highest BCUT2D eigenvalue weighted by Crippen LogP contribution is 2.35. The summed E-state index contributed by atoms with van der Waals surface area (Å²) >= 11 is 0. The Labute approximate surface area is 163 Å². The average Bonchev–Trinajstić information content (AvgIpc) is 3.06. The van der Waals surface area contributed by atoms with E-state index in [0.29, 0.717) is 17.9 Å². The third-order valence-corrected chi connectivity index (χ3v) is 5.22. The first kappa shape index (κ1) is 18.4. The molecule has 3 aromatic rings. The molecule has 1 aliphatic rings. The van der Waals surface area contributed by atoms with Crippen molar-refractivity contribution < 1.29 is 24.7 Å². The van der Waals surface area contributed by atoms with Gasteiger partial charge in [0.25, 0.3) is 0 Å². The molecule has 6 nitrogen and oxygen atoms in total. The number of H-pyrrole nitrogens is 1. The van der Waals surface area contributed by atoms with Crippen molar-refractivity contribution in [1.82, 2.24) is 4.98 Å². The molecule has 0 saturated carbocycles. The van der Waals surface area contributed by atoms with E-state index in [-0.39, 0.29) is 12.1 Å². The highest BCUT2D eigenvalue weighted by Gasteiger charge is 2.35. The number of aliphatic carboxylic acids is 1. The van der Waals surface area contributed by atoms with E-state index in [1.807, 2.05) is 61.6 Å². The van der Waals surface area contributed by atoms with Crippen LogP contribution < -0.4 is 19.9 Å². The molecule has 6 heteroatoms. The summed E-state index contributed by atoms with van der Waals surface area (Å²) in [5, 5.41) is 14.6. The molecule has 0 unspecified atom stereocenters. The Morgan fingerprint density at radius 3 is 2.71 bits per heavy atom. The van der Waals surface area contributed by atoms with Gasteiger partial charge in [-0.1, -0.05) is 18.2 Å². The molecule has 4 rings (SSSR count). The molecule has 0 fully saturated rings. The molecule has 0 bridgehead atoms. The molecular weight excluding hydrogens is 356 g/mol. The first-order chi connectivity index (χ1) is 13.5. The Bertz CT molecular complexity index is 1020. The van der Waals surface area contributed by atoms with Gasteiger partial charge in [-0.25, -0.2) is 0 Å². The lowest BCUT2D eigenvalue weighted by Gasteiger charge is -2.29. The molecule has 0 aliphatic carbocycles. The fraction of sp³-hybridized carbons (Fsp3) is 0.318. The fourth-order valence-corrected chi connectivity index (χ4v) is 3.99. The Balaban J connectivity index is 1.82. The highest BCUT2D eigenvalue weighted by atomic mass is 16.5. The number of carbonyl (C=O) groups excluding carboxylic acids is 1. The maximum absolute atomic E-state index is 11.7. The Morgan fingerprint density at radius 2 is 2.00 bits per heavy atom. The summed E-state index contributed by atoms with van der Waals surface area (Å²) in [7, 11) is 1.61. The standard InChI is InChI=1S/C22H24N2O4/c1-12(2)28-18-9-8-13(10-19(18)27-3)20-21-15(11-17(24-20)22(25)26)14-6-4-5-7-16(14)23-21/h4-10,12,17,20,23-24H,11H2,1-3H3,(H,25,26)/t17-,20+/m1/s1. The van der Waals surface area contributed by atoms with E-state index in [0.717, 1.165) is 27.7 Å². The van der Waals surface area contributed by atoms with Crippen molar-refractivity contribution in [3.8, 4) is 11.5 Å². The van der Waals surface area contributed by atoms with Crippen LogP contribution in [-0.4, -0.2) is 30.2 Å². The third kappa shape index (κ3) is 3.20. The van der Waals surface area contributed by atoms with Crippen LogP contribution in [0, 0.1) is 0 Å². The van der Waals surface area contributed by atoms with Gasteiger partial charge in [-0.3, -0.25) is 0 Å². The van der Waals surface area contributed by atoms with Crippen molar-refractivity contribution in [1.29, 1.82) is 0 Å². The maximum Gasteiger partial charge on any atom is 0.161 e. The van der Waals surface area contributed by atoms with Crippen LogP contribution in [0.25, 0.3) is 10.9 Å². The largest absolute Gasteiger partial charge is 0.544 e. The molecule has 2 aromatic carbocycles. The molecule has 0 spiro atoms. The monoisotopic (exact) mass is 380 g/mol. The second-order valence-corrected chi connectivity index (χ2v) is 7.44. The molecule has 146 valence electrons. The number of aromatic amines is 1. The van der Waals surface area contributed by atoms with Crippen molar-refractivity contribution in [2.75, 3.05) is 7.11 Å². The van der Waals surface area contributed by atoms with Crippen LogP contribution in [0.5, 0.6) is 11.5 Å². The zero-order valence-corrected chi connectivity index (χ0v) is 16.2. The molecule has 1 aliphatic heterocycles. The van der Waals surface area contributed by atoms with Crippen LogP contribution in [0.1, 0.15) is 36.7 Å². The number of nitrogens with two attached hydrogens (primary N) is 1. The van der Waals surface area contributed by atoms with E-state index in [2.05, 4.69) is 4.98 Å². The Morgan fingerprint density at radius 1 is 1.21 bits per heavy atom. The number of fused-ring (bicyclic) bond motifs is 3. The third-order valence-electron chi connectivity index (χ3n) is 5.22. The molecule has 0 saturated heterocycles. The van der Waals surface area contributed by atoms with Gasteiger partial charge in [0, 0.05) is 22.9 Å². The van der Waals surface area contributed by atoms with Crippen molar-refractivity contribution >= 4 is 16.9 Å². The van der Waals surface area contributed by atoms with Gasteiger partial charge in [0.1, 0.15) is 6.04 Å². The number of rotatable bonds is 5. The van der Waals surface area contributed by atoms with Crippen molar-refractivity contribution in [3.05, 3.63) is 59.3 Å². The number of nitrogens with one attached hydrogen (secondary N) is 1. The average molecular weight is 380 g/mol. The number of hydrogen-bond acceptors (Lipinski definition) is 4. The van der Waals surface area contributed by atoms with Gasteiger partial charge in [0.15, 0.2) is 17.5 Å². The summed E-state index contributed by atoms with van der Waals surface area (Å²) in [6, 6.07) is 12.9. The molecule has 2 heterocycles. The number of quaternary nitrogens is 1. The molecule has 1 aromatic heterocycles. The second kappa shape index (κ2) is 7.20. The molecule has 28 heavy (non-hydrogen) atoms. The molecule has 0 radical (unpaired) electrons. The van der Waals surface area contributed by atoms with Crippen molar-refractivity contribution in [2.24, 2.45) is 0 Å². The SMILES string of the molecule is COc1cc([C@@H]2[NH2+][C@@H](C(=O)[O-])Cc3c2[nH]c2ccccc32)ccc1OC(C)C. The quantitative estimate of drug-likeness (QED) is 0.698. The lowest BCUT2D eigenvalue weighted by atomic mass is 9.90. The van der Waals surface area contributed by atoms with Crippen LogP contribution in [0.2, 0.25) is 0 Å². The molecule has 2 atom stereocenters. The zero-order valence-electron chi connectivity index (χ0n) is 16.2. The number of benzene rings is 2. The first-order valence-electron chi connectivity index (χ1n) is 9.48. The van der Waals surface area contributed by atoms with Gasteiger partial charge in [0.2, 0.25) is 0 Å². The number of carbonyl (C=O) groups is 1. The van der Waals surface area contributed by atoms with Crippen LogP contribution in [0.3, 0.4) is 0 Å². The zero-order chi connectivity index (χ0) is 19.8. The number of carboxylic acids is 1. The van der Waals surface area contributed by atoms with Gasteiger partial charge in [-0.15, -0.1) is 0 Å². The molecule has 3 N–H and O–H groups in total. The summed E-state index contributed by atoms with van der Waals surface area (Å²) in [6.07, 6.45) is 0.466. The number of carboxylic acid groups (broad SMARTS) is 1. The second-order valence-electron chi connectivity index (χ2n) is 7.44. The lowest BCUT2D eigenvalue weighted by molar-refractivity contribution is -0.717. The summed E-state index contributed by atoms with van der Waals surface area (Å²) in [5.41, 5.74) is 4.03. The maximum atomic E-state index is 11.7. The minimum atomic E-state index is -1.05. The van der Waals surface area contributed by atoms with E-state index >= 15 is 0 Å². The van der Waals surface area contributed by atoms with Gasteiger partial charge < -0.3 is 29.7 Å². The summed E-state index contributed by atoms with van der Waals surface area (Å²) in [4.78, 5) is 15.2. The topological polar surface area (TPSA) is 91.0 Å². The molecule has 0 amide bonds. The fourth-order valence-electron chi connectivity index (χ4n) is 3.99. The van der Waals surface area contributed by atoms with Crippen LogP contribution in [0.4, 0.5) is 0 Å². The number of ether oxygens (including phenoxy) is 2. The summed E-state index contributed by atoms with van der Waals surface area (Å²) in [6.45, 7) is 3.92. The Kier molecular flexibility index (Phi) is 4.73. The van der Waals surface area contributed by atoms with Gasteiger partial charge in [-0.05, 0) is 43.7 Å². The number of aromatic nitrogens is 1.